The van der Waals surface area contributed by atoms with Crippen molar-refractivity contribution in [2.75, 3.05) is 14.1 Å². The Morgan fingerprint density at radius 2 is 1.91 bits per heavy atom. The predicted octanol–water partition coefficient (Wildman–Crippen LogP) is 1.43. The van der Waals surface area contributed by atoms with E-state index in [9.17, 15) is 34.8 Å². The molecule has 1 heterocycles. The van der Waals surface area contributed by atoms with Crippen LogP contribution in [0.15, 0.2) is 45.5 Å². The number of nitrogens with zero attached hydrogens (tertiary/aromatic N) is 1. The number of benzene rings is 1. The molecule has 1 amide bonds. The lowest BCUT2D eigenvalue weighted by Gasteiger charge is -2.51. The number of amides is 1. The molecular formula is C24H24N2O8. The number of phenolic OH excluding ortho intramolecular Hbond substituents is 1. The molecule has 3 aliphatic rings. The zero-order valence-electron chi connectivity index (χ0n) is 18.7. The molecule has 10 nitrogen and oxygen atoms in total. The lowest BCUT2D eigenvalue weighted by atomic mass is 9.56. The summed E-state index contributed by atoms with van der Waals surface area (Å²) in [5.74, 6) is -7.23. The SMILES string of the molecule is C[C@H]1c2cc3ccoc3c(O)c2C(=O)C2=C(O)[C@]3(O)C(=O)C(C(N)=O)=C(O)[C@@H](N(C)C)[C@@H]3C[C@@H]21. The molecule has 3 aliphatic carbocycles. The number of hydrogen-bond donors (Lipinski definition) is 5. The van der Waals surface area contributed by atoms with Crippen LogP contribution in [0, 0.1) is 11.8 Å². The van der Waals surface area contributed by atoms with Gasteiger partial charge in [0.1, 0.15) is 17.1 Å². The summed E-state index contributed by atoms with van der Waals surface area (Å²) in [5, 5.41) is 45.1. The highest BCUT2D eigenvalue weighted by Crippen LogP contribution is 2.56. The van der Waals surface area contributed by atoms with Crippen molar-refractivity contribution < 1.29 is 39.2 Å². The lowest BCUT2D eigenvalue weighted by Crippen LogP contribution is -2.64. The summed E-state index contributed by atoms with van der Waals surface area (Å²) in [6.07, 6.45) is 1.42. The van der Waals surface area contributed by atoms with Crippen molar-refractivity contribution in [3.05, 3.63) is 52.2 Å². The molecule has 5 rings (SSSR count). The van der Waals surface area contributed by atoms with E-state index in [1.54, 1.807) is 26.2 Å². The van der Waals surface area contributed by atoms with Crippen molar-refractivity contribution in [3.63, 3.8) is 0 Å². The molecule has 6 N–H and O–H groups in total. The Kier molecular flexibility index (Phi) is 4.53. The Morgan fingerprint density at radius 3 is 2.53 bits per heavy atom. The largest absolute Gasteiger partial charge is 0.510 e. The van der Waals surface area contributed by atoms with E-state index in [-0.39, 0.29) is 23.1 Å². The molecule has 0 aliphatic heterocycles. The number of carbonyl (C=O) groups is 3. The summed E-state index contributed by atoms with van der Waals surface area (Å²) in [7, 11) is 3.18. The summed E-state index contributed by atoms with van der Waals surface area (Å²) in [4.78, 5) is 40.4. The molecule has 0 bridgehead atoms. The van der Waals surface area contributed by atoms with Crippen LogP contribution in [0.2, 0.25) is 0 Å². The van der Waals surface area contributed by atoms with Crippen LogP contribution in [0.25, 0.3) is 11.0 Å². The minimum absolute atomic E-state index is 0.0388. The molecule has 2 aromatic rings. The minimum atomic E-state index is -2.66. The van der Waals surface area contributed by atoms with Gasteiger partial charge in [0.25, 0.3) is 5.91 Å². The van der Waals surface area contributed by atoms with Crippen LogP contribution >= 0.6 is 0 Å². The number of primary amides is 1. The second-order valence-corrected chi connectivity index (χ2v) is 9.49. The fraction of sp³-hybridized carbons (Fsp3) is 0.375. The summed E-state index contributed by atoms with van der Waals surface area (Å²) < 4.78 is 5.30. The fourth-order valence-electron chi connectivity index (χ4n) is 6.03. The van der Waals surface area contributed by atoms with Crippen molar-refractivity contribution >= 4 is 28.4 Å². The van der Waals surface area contributed by atoms with Gasteiger partial charge in [-0.25, -0.2) is 0 Å². The number of furan rings is 1. The third-order valence-electron chi connectivity index (χ3n) is 7.64. The zero-order chi connectivity index (χ0) is 24.9. The maximum atomic E-state index is 13.6. The van der Waals surface area contributed by atoms with Crippen molar-refractivity contribution in [3.8, 4) is 5.75 Å². The minimum Gasteiger partial charge on any atom is -0.510 e. The van der Waals surface area contributed by atoms with Gasteiger partial charge in [0.05, 0.1) is 17.9 Å². The number of aliphatic hydroxyl groups excluding tert-OH is 2. The number of ketones is 2. The highest BCUT2D eigenvalue weighted by atomic mass is 16.4. The molecule has 10 heteroatoms. The van der Waals surface area contributed by atoms with Gasteiger partial charge < -0.3 is 30.6 Å². The second-order valence-electron chi connectivity index (χ2n) is 9.49. The molecule has 34 heavy (non-hydrogen) atoms. The molecule has 1 aromatic carbocycles. The summed E-state index contributed by atoms with van der Waals surface area (Å²) in [6.45, 7) is 1.82. The molecule has 1 aromatic heterocycles. The summed E-state index contributed by atoms with van der Waals surface area (Å²) in [5.41, 5.74) is 2.22. The number of phenols is 1. The number of likely N-dealkylation sites (N-methyl/N-ethyl adjacent to an activating group) is 1. The number of hydrogen-bond acceptors (Lipinski definition) is 9. The van der Waals surface area contributed by atoms with E-state index in [0.29, 0.717) is 10.9 Å². The van der Waals surface area contributed by atoms with Crippen molar-refractivity contribution in [1.82, 2.24) is 4.90 Å². The number of fused-ring (bicyclic) bond motifs is 4. The Bertz CT molecular complexity index is 1370. The van der Waals surface area contributed by atoms with Gasteiger partial charge in [0.2, 0.25) is 5.78 Å². The van der Waals surface area contributed by atoms with Crippen LogP contribution in [0.3, 0.4) is 0 Å². The third-order valence-corrected chi connectivity index (χ3v) is 7.64. The molecule has 5 atom stereocenters. The van der Waals surface area contributed by atoms with Gasteiger partial charge in [-0.15, -0.1) is 0 Å². The highest BCUT2D eigenvalue weighted by molar-refractivity contribution is 6.25. The molecule has 0 radical (unpaired) electrons. The molecule has 0 saturated carbocycles. The van der Waals surface area contributed by atoms with Crippen molar-refractivity contribution in [2.24, 2.45) is 17.6 Å². The van der Waals surface area contributed by atoms with E-state index >= 15 is 0 Å². The fourth-order valence-corrected chi connectivity index (χ4v) is 6.03. The van der Waals surface area contributed by atoms with Gasteiger partial charge in [-0.05, 0) is 50.0 Å². The molecule has 0 spiro atoms. The number of carbonyl (C=O) groups excluding carboxylic acids is 3. The molecule has 0 saturated heterocycles. The highest BCUT2D eigenvalue weighted by Gasteiger charge is 2.63. The monoisotopic (exact) mass is 468 g/mol. The summed E-state index contributed by atoms with van der Waals surface area (Å²) >= 11 is 0. The van der Waals surface area contributed by atoms with E-state index in [4.69, 9.17) is 10.2 Å². The van der Waals surface area contributed by atoms with Crippen molar-refractivity contribution in [1.29, 1.82) is 0 Å². The van der Waals surface area contributed by atoms with Crippen molar-refractivity contribution in [2.45, 2.75) is 30.9 Å². The number of aliphatic hydroxyl groups is 3. The second kappa shape index (κ2) is 6.94. The Morgan fingerprint density at radius 1 is 1.24 bits per heavy atom. The van der Waals surface area contributed by atoms with Gasteiger partial charge >= 0.3 is 0 Å². The first-order valence-corrected chi connectivity index (χ1v) is 10.8. The molecular weight excluding hydrogens is 444 g/mol. The van der Waals surface area contributed by atoms with E-state index in [0.717, 1.165) is 0 Å². The first-order chi connectivity index (χ1) is 15.9. The summed E-state index contributed by atoms with van der Waals surface area (Å²) in [6, 6.07) is 2.37. The molecule has 0 fully saturated rings. The van der Waals surface area contributed by atoms with E-state index in [1.165, 1.54) is 11.2 Å². The Labute approximate surface area is 193 Å². The number of allylic oxidation sites excluding steroid dienone is 1. The van der Waals surface area contributed by atoms with Crippen LogP contribution < -0.4 is 5.73 Å². The average molecular weight is 468 g/mol. The topological polar surface area (TPSA) is 175 Å². The smallest absolute Gasteiger partial charge is 0.255 e. The van der Waals surface area contributed by atoms with E-state index in [2.05, 4.69) is 0 Å². The average Bonchev–Trinajstić information content (AvgIpc) is 3.23. The maximum absolute atomic E-state index is 13.6. The quantitative estimate of drug-likeness (QED) is 0.408. The Hall–Kier alpha value is -3.63. The van der Waals surface area contributed by atoms with Crippen LogP contribution in [0.5, 0.6) is 5.75 Å². The van der Waals surface area contributed by atoms with Gasteiger partial charge in [-0.1, -0.05) is 6.92 Å². The normalized spacial score (nSPS) is 31.1. The number of rotatable bonds is 2. The number of Topliss-reactive ketones (excluding diaryl/α,β-unsaturated/α-hetero) is 2. The maximum Gasteiger partial charge on any atom is 0.255 e. The number of aromatic hydroxyl groups is 1. The number of nitrogens with two attached hydrogens (primary N) is 1. The van der Waals surface area contributed by atoms with Gasteiger partial charge in [0, 0.05) is 16.9 Å². The Balaban J connectivity index is 1.79. The van der Waals surface area contributed by atoms with Crippen LogP contribution in [-0.4, -0.2) is 68.5 Å². The zero-order valence-corrected chi connectivity index (χ0v) is 18.7. The lowest BCUT2D eigenvalue weighted by molar-refractivity contribution is -0.148. The van der Waals surface area contributed by atoms with Crippen LogP contribution in [0.1, 0.15) is 35.2 Å². The first kappa shape index (κ1) is 22.2. The van der Waals surface area contributed by atoms with Gasteiger partial charge in [-0.3, -0.25) is 19.3 Å². The standard InChI is InChI=1S/C24H24N2O8/c1-8-10-6-9-4-5-34-20(9)19(29)13(10)17(27)14-11(8)7-12-16(26(2)3)18(28)15(23(25)32)22(31)24(12,33)21(14)30/h4-6,8,11-12,16,28-30,33H,7H2,1-3H3,(H2,25,32)/t8-,11+,12-,16-,24-/m0/s1. The van der Waals surface area contributed by atoms with E-state index in [1.807, 2.05) is 6.92 Å². The van der Waals surface area contributed by atoms with Gasteiger partial charge in [-0.2, -0.15) is 0 Å². The van der Waals surface area contributed by atoms with Crippen LogP contribution in [-0.2, 0) is 9.59 Å². The van der Waals surface area contributed by atoms with Crippen LogP contribution in [0.4, 0.5) is 0 Å². The predicted molar refractivity (Wildman–Crippen MR) is 118 cm³/mol. The molecule has 0 unspecified atom stereocenters. The van der Waals surface area contributed by atoms with Gasteiger partial charge in [0.15, 0.2) is 22.7 Å². The first-order valence-electron chi connectivity index (χ1n) is 10.8. The van der Waals surface area contributed by atoms with E-state index < -0.39 is 69.7 Å². The molecule has 178 valence electrons. The third kappa shape index (κ3) is 2.49.